The maximum atomic E-state index is 12.1. The molecular weight excluding hydrogens is 252 g/mol. The number of carbonyl (C=O) groups is 1. The Hall–Kier alpha value is -0.610. The van der Waals surface area contributed by atoms with Crippen molar-refractivity contribution in [1.29, 1.82) is 0 Å². The van der Waals surface area contributed by atoms with Crippen molar-refractivity contribution in [3.8, 4) is 0 Å². The monoisotopic (exact) mass is 282 g/mol. The Bertz CT molecular complexity index is 324. The molecule has 0 amide bonds. The van der Waals surface area contributed by atoms with E-state index in [1.807, 2.05) is 6.92 Å². The van der Waals surface area contributed by atoms with Gasteiger partial charge >= 0.3 is 5.97 Å². The van der Waals surface area contributed by atoms with Gasteiger partial charge in [-0.25, -0.2) is 0 Å². The van der Waals surface area contributed by atoms with Gasteiger partial charge in [-0.1, -0.05) is 19.8 Å². The number of nitrogens with zero attached hydrogens (tertiary/aromatic N) is 1. The molecule has 4 heteroatoms. The Kier molecular flexibility index (Phi) is 5.44. The summed E-state index contributed by atoms with van der Waals surface area (Å²) in [5.41, 5.74) is -0.526. The van der Waals surface area contributed by atoms with Gasteiger partial charge in [0.2, 0.25) is 0 Å². The zero-order valence-electron chi connectivity index (χ0n) is 13.3. The van der Waals surface area contributed by atoms with Gasteiger partial charge in [-0.15, -0.1) is 0 Å². The molecule has 0 spiro atoms. The number of hydrogen-bond donors (Lipinski definition) is 1. The first-order chi connectivity index (χ1) is 9.59. The van der Waals surface area contributed by atoms with E-state index in [2.05, 4.69) is 17.1 Å². The van der Waals surface area contributed by atoms with Gasteiger partial charge < -0.3 is 9.64 Å². The van der Waals surface area contributed by atoms with Crippen LogP contribution >= 0.6 is 0 Å². The molecule has 0 saturated heterocycles. The highest BCUT2D eigenvalue weighted by atomic mass is 16.5. The molecule has 20 heavy (non-hydrogen) atoms. The van der Waals surface area contributed by atoms with Gasteiger partial charge in [0.05, 0.1) is 7.11 Å². The molecule has 0 aromatic heterocycles. The molecule has 0 aromatic carbocycles. The number of rotatable bonds is 8. The van der Waals surface area contributed by atoms with Crippen LogP contribution < -0.4 is 5.32 Å². The van der Waals surface area contributed by atoms with Crippen LogP contribution in [0.4, 0.5) is 0 Å². The third-order valence-electron chi connectivity index (χ3n) is 4.88. The Morgan fingerprint density at radius 3 is 2.45 bits per heavy atom. The van der Waals surface area contributed by atoms with E-state index in [0.717, 1.165) is 25.6 Å². The molecule has 0 aliphatic heterocycles. The lowest BCUT2D eigenvalue weighted by Crippen LogP contribution is -2.53. The normalized spacial score (nSPS) is 23.0. The number of hydrogen-bond acceptors (Lipinski definition) is 4. The fraction of sp³-hybridized carbons (Fsp3) is 0.938. The highest BCUT2D eigenvalue weighted by molar-refractivity contribution is 5.80. The molecule has 0 heterocycles. The first-order valence-corrected chi connectivity index (χ1v) is 8.19. The van der Waals surface area contributed by atoms with Crippen molar-refractivity contribution in [2.45, 2.75) is 76.4 Å². The predicted molar refractivity (Wildman–Crippen MR) is 80.7 cm³/mol. The third-order valence-corrected chi connectivity index (χ3v) is 4.88. The van der Waals surface area contributed by atoms with Crippen LogP contribution in [0.5, 0.6) is 0 Å². The van der Waals surface area contributed by atoms with Crippen LogP contribution in [0.2, 0.25) is 0 Å². The highest BCUT2D eigenvalue weighted by Gasteiger charge is 2.39. The molecule has 2 saturated carbocycles. The Morgan fingerprint density at radius 2 is 1.95 bits per heavy atom. The fourth-order valence-electron chi connectivity index (χ4n) is 3.37. The number of methoxy groups -OCH3 is 1. The smallest absolute Gasteiger partial charge is 0.325 e. The molecule has 2 aliphatic rings. The standard InChI is InChI=1S/C16H30N2O2/c1-4-18(14-7-5-6-8-14)12-11-16(2,15(19)20-3)17-13-9-10-13/h13-14,17H,4-12H2,1-3H3. The Morgan fingerprint density at radius 1 is 1.30 bits per heavy atom. The summed E-state index contributed by atoms with van der Waals surface area (Å²) < 4.78 is 5.02. The molecule has 2 fully saturated rings. The molecule has 1 unspecified atom stereocenters. The van der Waals surface area contributed by atoms with E-state index in [4.69, 9.17) is 4.74 Å². The minimum atomic E-state index is -0.526. The molecule has 2 rings (SSSR count). The third kappa shape index (κ3) is 3.95. The summed E-state index contributed by atoms with van der Waals surface area (Å²) in [6.45, 7) is 6.28. The lowest BCUT2D eigenvalue weighted by molar-refractivity contribution is -0.148. The summed E-state index contributed by atoms with van der Waals surface area (Å²) in [6.07, 6.45) is 8.56. The summed E-state index contributed by atoms with van der Waals surface area (Å²) in [4.78, 5) is 14.7. The van der Waals surface area contributed by atoms with Gasteiger partial charge in [0.25, 0.3) is 0 Å². The van der Waals surface area contributed by atoms with E-state index in [1.54, 1.807) is 0 Å². The Balaban J connectivity index is 1.90. The van der Waals surface area contributed by atoms with Crippen molar-refractivity contribution in [3.05, 3.63) is 0 Å². The van der Waals surface area contributed by atoms with Gasteiger partial charge in [-0.3, -0.25) is 10.1 Å². The second-order valence-corrected chi connectivity index (χ2v) is 6.56. The summed E-state index contributed by atoms with van der Waals surface area (Å²) >= 11 is 0. The molecule has 0 aromatic rings. The molecule has 116 valence electrons. The van der Waals surface area contributed by atoms with Crippen molar-refractivity contribution in [1.82, 2.24) is 10.2 Å². The lowest BCUT2D eigenvalue weighted by Gasteiger charge is -2.33. The second kappa shape index (κ2) is 6.90. The quantitative estimate of drug-likeness (QED) is 0.694. The fourth-order valence-corrected chi connectivity index (χ4v) is 3.37. The van der Waals surface area contributed by atoms with Crippen LogP contribution in [0.15, 0.2) is 0 Å². The van der Waals surface area contributed by atoms with E-state index in [0.29, 0.717) is 6.04 Å². The average Bonchev–Trinajstić information content (AvgIpc) is 3.08. The molecule has 1 atom stereocenters. The zero-order valence-corrected chi connectivity index (χ0v) is 13.3. The Labute approximate surface area is 123 Å². The first kappa shape index (κ1) is 15.8. The van der Waals surface area contributed by atoms with E-state index >= 15 is 0 Å². The predicted octanol–water partition coefficient (Wildman–Crippen LogP) is 2.32. The molecule has 2 aliphatic carbocycles. The minimum Gasteiger partial charge on any atom is -0.468 e. The molecule has 1 N–H and O–H groups in total. The van der Waals surface area contributed by atoms with Crippen LogP contribution in [0.3, 0.4) is 0 Å². The number of nitrogens with one attached hydrogen (secondary N) is 1. The van der Waals surface area contributed by atoms with Crippen molar-refractivity contribution < 1.29 is 9.53 Å². The van der Waals surface area contributed by atoms with Crippen LogP contribution in [0.25, 0.3) is 0 Å². The van der Waals surface area contributed by atoms with Gasteiger partial charge in [0, 0.05) is 18.6 Å². The molecule has 0 bridgehead atoms. The SMILES string of the molecule is CCN(CCC(C)(NC1CC1)C(=O)OC)C1CCCC1. The lowest BCUT2D eigenvalue weighted by atomic mass is 9.96. The van der Waals surface area contributed by atoms with Crippen LogP contribution in [0, 0.1) is 0 Å². The maximum absolute atomic E-state index is 12.1. The number of carbonyl (C=O) groups excluding carboxylic acids is 1. The van der Waals surface area contributed by atoms with Gasteiger partial charge in [-0.05, 0) is 45.6 Å². The molecule has 4 nitrogen and oxygen atoms in total. The summed E-state index contributed by atoms with van der Waals surface area (Å²) in [5, 5.41) is 3.49. The van der Waals surface area contributed by atoms with Gasteiger partial charge in [0.15, 0.2) is 0 Å². The average molecular weight is 282 g/mol. The summed E-state index contributed by atoms with van der Waals surface area (Å²) in [6, 6.07) is 1.24. The van der Waals surface area contributed by atoms with E-state index in [9.17, 15) is 4.79 Å². The minimum absolute atomic E-state index is 0.119. The van der Waals surface area contributed by atoms with Crippen molar-refractivity contribution >= 4 is 5.97 Å². The number of esters is 1. The van der Waals surface area contributed by atoms with E-state index < -0.39 is 5.54 Å². The summed E-state index contributed by atoms with van der Waals surface area (Å²) in [5.74, 6) is -0.119. The van der Waals surface area contributed by atoms with E-state index in [1.165, 1.54) is 45.6 Å². The first-order valence-electron chi connectivity index (χ1n) is 8.19. The van der Waals surface area contributed by atoms with Crippen LogP contribution in [-0.4, -0.2) is 48.7 Å². The van der Waals surface area contributed by atoms with Gasteiger partial charge in [-0.2, -0.15) is 0 Å². The largest absolute Gasteiger partial charge is 0.468 e. The number of ether oxygens (including phenoxy) is 1. The second-order valence-electron chi connectivity index (χ2n) is 6.56. The zero-order chi connectivity index (χ0) is 14.6. The van der Waals surface area contributed by atoms with Gasteiger partial charge in [0.1, 0.15) is 5.54 Å². The van der Waals surface area contributed by atoms with E-state index in [-0.39, 0.29) is 5.97 Å². The van der Waals surface area contributed by atoms with Crippen LogP contribution in [0.1, 0.15) is 58.8 Å². The van der Waals surface area contributed by atoms with Crippen LogP contribution in [-0.2, 0) is 9.53 Å². The van der Waals surface area contributed by atoms with Crippen molar-refractivity contribution in [3.63, 3.8) is 0 Å². The maximum Gasteiger partial charge on any atom is 0.325 e. The molecular formula is C16H30N2O2. The molecule has 0 radical (unpaired) electrons. The van der Waals surface area contributed by atoms with Crippen molar-refractivity contribution in [2.75, 3.05) is 20.2 Å². The topological polar surface area (TPSA) is 41.6 Å². The highest BCUT2D eigenvalue weighted by Crippen LogP contribution is 2.27. The van der Waals surface area contributed by atoms with Crippen molar-refractivity contribution in [2.24, 2.45) is 0 Å². The summed E-state index contributed by atoms with van der Waals surface area (Å²) in [7, 11) is 1.49.